The van der Waals surface area contributed by atoms with Crippen molar-refractivity contribution in [1.29, 1.82) is 0 Å². The fourth-order valence-electron chi connectivity index (χ4n) is 3.98. The van der Waals surface area contributed by atoms with Gasteiger partial charge in [-0.05, 0) is 31.0 Å². The van der Waals surface area contributed by atoms with Gasteiger partial charge in [-0.3, -0.25) is 4.90 Å². The monoisotopic (exact) mass is 368 g/mol. The third-order valence-corrected chi connectivity index (χ3v) is 5.33. The Balaban J connectivity index is 1.34. The van der Waals surface area contributed by atoms with Gasteiger partial charge in [0.1, 0.15) is 11.4 Å². The summed E-state index contributed by atoms with van der Waals surface area (Å²) in [5.41, 5.74) is 2.07. The van der Waals surface area contributed by atoms with Gasteiger partial charge in [0.25, 0.3) is 0 Å². The van der Waals surface area contributed by atoms with Gasteiger partial charge in [0.05, 0.1) is 25.5 Å². The second-order valence-corrected chi connectivity index (χ2v) is 7.75. The molecule has 6 nitrogen and oxygen atoms in total. The van der Waals surface area contributed by atoms with E-state index in [0.29, 0.717) is 12.5 Å². The van der Waals surface area contributed by atoms with Gasteiger partial charge in [0.15, 0.2) is 0 Å². The lowest BCUT2D eigenvalue weighted by Crippen LogP contribution is -2.43. The van der Waals surface area contributed by atoms with Gasteiger partial charge in [0, 0.05) is 32.1 Å². The van der Waals surface area contributed by atoms with Crippen molar-refractivity contribution >= 4 is 5.82 Å². The molecule has 4 rings (SSSR count). The van der Waals surface area contributed by atoms with Crippen molar-refractivity contribution < 1.29 is 9.47 Å². The number of hydrogen-bond acceptors (Lipinski definition) is 6. The van der Waals surface area contributed by atoms with Crippen LogP contribution in [0.3, 0.4) is 0 Å². The number of nitrogens with one attached hydrogen (secondary N) is 1. The summed E-state index contributed by atoms with van der Waals surface area (Å²) in [6.45, 7) is 7.80. The normalized spacial score (nSPS) is 26.2. The Morgan fingerprint density at radius 3 is 2.89 bits per heavy atom. The van der Waals surface area contributed by atoms with Crippen molar-refractivity contribution in [2.24, 2.45) is 5.92 Å². The number of rotatable bonds is 5. The van der Waals surface area contributed by atoms with E-state index in [1.807, 2.05) is 19.1 Å². The maximum absolute atomic E-state index is 6.31. The van der Waals surface area contributed by atoms with Crippen LogP contribution >= 0.6 is 0 Å². The van der Waals surface area contributed by atoms with E-state index in [1.54, 1.807) is 0 Å². The minimum atomic E-state index is -0.198. The van der Waals surface area contributed by atoms with E-state index in [9.17, 15) is 0 Å². The molecule has 1 aromatic heterocycles. The number of hydrogen-bond donors (Lipinski definition) is 1. The van der Waals surface area contributed by atoms with Crippen LogP contribution in [0, 0.1) is 12.8 Å². The molecule has 27 heavy (non-hydrogen) atoms. The maximum Gasteiger partial charge on any atom is 0.148 e. The summed E-state index contributed by atoms with van der Waals surface area (Å²) in [4.78, 5) is 2.46. The number of aromatic nitrogens is 2. The Bertz CT molecular complexity index is 725. The molecular formula is C21H28N4O2. The summed E-state index contributed by atoms with van der Waals surface area (Å²) < 4.78 is 12.2. The van der Waals surface area contributed by atoms with Crippen LogP contribution in [0.25, 0.3) is 0 Å². The van der Waals surface area contributed by atoms with Crippen molar-refractivity contribution in [1.82, 2.24) is 15.1 Å². The predicted molar refractivity (Wildman–Crippen MR) is 105 cm³/mol. The van der Waals surface area contributed by atoms with E-state index in [-0.39, 0.29) is 5.60 Å². The quantitative estimate of drug-likeness (QED) is 0.875. The minimum Gasteiger partial charge on any atom is -0.377 e. The highest BCUT2D eigenvalue weighted by atomic mass is 16.5. The number of nitrogens with zero attached hydrogens (tertiary/aromatic N) is 3. The highest BCUT2D eigenvalue weighted by molar-refractivity contribution is 5.32. The molecule has 1 N–H and O–H groups in total. The van der Waals surface area contributed by atoms with Crippen molar-refractivity contribution in [2.45, 2.75) is 25.5 Å². The first-order valence-electron chi connectivity index (χ1n) is 9.73. The lowest BCUT2D eigenvalue weighted by molar-refractivity contribution is -0.0562. The second kappa shape index (κ2) is 8.33. The minimum absolute atomic E-state index is 0.198. The fraction of sp³-hybridized carbons (Fsp3) is 0.524. The Morgan fingerprint density at radius 1 is 1.19 bits per heavy atom. The number of anilines is 1. The third kappa shape index (κ3) is 4.83. The van der Waals surface area contributed by atoms with Gasteiger partial charge in [-0.1, -0.05) is 30.3 Å². The molecule has 2 aliphatic rings. The molecule has 0 unspecified atom stereocenters. The SMILES string of the molecule is Cc1ccc(NC[C@H]2CO[C@]3(COCCN(Cc4ccccc4)C3)C2)nn1. The molecule has 2 aromatic rings. The van der Waals surface area contributed by atoms with Gasteiger partial charge in [0.2, 0.25) is 0 Å². The Labute approximate surface area is 160 Å². The van der Waals surface area contributed by atoms with Crippen molar-refractivity contribution in [2.75, 3.05) is 44.8 Å². The largest absolute Gasteiger partial charge is 0.377 e. The molecule has 144 valence electrons. The number of aryl methyl sites for hydroxylation is 1. The Hall–Kier alpha value is -2.02. The van der Waals surface area contributed by atoms with E-state index in [2.05, 4.69) is 50.7 Å². The zero-order chi connectivity index (χ0) is 18.5. The topological polar surface area (TPSA) is 59.5 Å². The zero-order valence-electron chi connectivity index (χ0n) is 15.9. The Kier molecular flexibility index (Phi) is 5.66. The predicted octanol–water partition coefficient (Wildman–Crippen LogP) is 2.50. The van der Waals surface area contributed by atoms with E-state index < -0.39 is 0 Å². The van der Waals surface area contributed by atoms with Crippen LogP contribution in [0.1, 0.15) is 17.7 Å². The highest BCUT2D eigenvalue weighted by Gasteiger charge is 2.43. The molecule has 2 saturated heterocycles. The summed E-state index contributed by atoms with van der Waals surface area (Å²) in [6.07, 6.45) is 1.00. The second-order valence-electron chi connectivity index (χ2n) is 7.75. The first-order chi connectivity index (χ1) is 13.2. The average molecular weight is 368 g/mol. The standard InChI is InChI=1S/C21H28N4O2/c1-17-7-8-20(24-23-17)22-12-19-11-21(27-14-19)15-25(9-10-26-16-21)13-18-5-3-2-4-6-18/h2-8,19H,9-16H2,1H3,(H,22,24)/t19-,21+/m0/s1. The molecule has 2 atom stereocenters. The van der Waals surface area contributed by atoms with E-state index >= 15 is 0 Å². The van der Waals surface area contributed by atoms with E-state index in [4.69, 9.17) is 9.47 Å². The first kappa shape index (κ1) is 18.3. The smallest absolute Gasteiger partial charge is 0.148 e. The molecule has 2 fully saturated rings. The fourth-order valence-corrected chi connectivity index (χ4v) is 3.98. The molecule has 0 aliphatic carbocycles. The van der Waals surface area contributed by atoms with Crippen LogP contribution in [0.15, 0.2) is 42.5 Å². The molecule has 6 heteroatoms. The van der Waals surface area contributed by atoms with Crippen LogP contribution in [0.4, 0.5) is 5.82 Å². The Morgan fingerprint density at radius 2 is 2.07 bits per heavy atom. The van der Waals surface area contributed by atoms with Crippen LogP contribution in [0.5, 0.6) is 0 Å². The molecule has 2 aliphatic heterocycles. The first-order valence-corrected chi connectivity index (χ1v) is 9.73. The summed E-state index contributed by atoms with van der Waals surface area (Å²) >= 11 is 0. The van der Waals surface area contributed by atoms with Crippen molar-refractivity contribution in [3.05, 3.63) is 53.7 Å². The van der Waals surface area contributed by atoms with Gasteiger partial charge >= 0.3 is 0 Å². The third-order valence-electron chi connectivity index (χ3n) is 5.33. The van der Waals surface area contributed by atoms with Gasteiger partial charge < -0.3 is 14.8 Å². The molecule has 0 amide bonds. The molecule has 0 radical (unpaired) electrons. The molecule has 0 bridgehead atoms. The highest BCUT2D eigenvalue weighted by Crippen LogP contribution is 2.33. The summed E-state index contributed by atoms with van der Waals surface area (Å²) in [7, 11) is 0. The molecule has 0 saturated carbocycles. The van der Waals surface area contributed by atoms with Crippen LogP contribution in [0.2, 0.25) is 0 Å². The number of benzene rings is 1. The van der Waals surface area contributed by atoms with Gasteiger partial charge in [-0.15, -0.1) is 5.10 Å². The lowest BCUT2D eigenvalue weighted by Gasteiger charge is -2.31. The summed E-state index contributed by atoms with van der Waals surface area (Å²) in [5, 5.41) is 11.7. The van der Waals surface area contributed by atoms with Crippen molar-refractivity contribution in [3.63, 3.8) is 0 Å². The van der Waals surface area contributed by atoms with Crippen LogP contribution < -0.4 is 5.32 Å². The van der Waals surface area contributed by atoms with E-state index in [0.717, 1.165) is 57.3 Å². The average Bonchev–Trinajstić information content (AvgIpc) is 2.97. The molecule has 1 aromatic carbocycles. The molecular weight excluding hydrogens is 340 g/mol. The van der Waals surface area contributed by atoms with Gasteiger partial charge in [-0.2, -0.15) is 5.10 Å². The van der Waals surface area contributed by atoms with Crippen LogP contribution in [-0.4, -0.2) is 60.2 Å². The molecule has 1 spiro atoms. The lowest BCUT2D eigenvalue weighted by atomic mass is 9.94. The van der Waals surface area contributed by atoms with E-state index in [1.165, 1.54) is 5.56 Å². The summed E-state index contributed by atoms with van der Waals surface area (Å²) in [5.74, 6) is 1.28. The number of ether oxygens (including phenoxy) is 2. The van der Waals surface area contributed by atoms with Crippen LogP contribution in [-0.2, 0) is 16.0 Å². The summed E-state index contributed by atoms with van der Waals surface area (Å²) in [6, 6.07) is 14.6. The van der Waals surface area contributed by atoms with Gasteiger partial charge in [-0.25, -0.2) is 0 Å². The van der Waals surface area contributed by atoms with Crippen molar-refractivity contribution in [3.8, 4) is 0 Å². The molecule has 3 heterocycles. The zero-order valence-corrected chi connectivity index (χ0v) is 15.9. The maximum atomic E-state index is 6.31.